The molecule has 11 atom stereocenters. The first-order valence-corrected chi connectivity index (χ1v) is 56.7. The lowest BCUT2D eigenvalue weighted by Gasteiger charge is -2.53. The van der Waals surface area contributed by atoms with Gasteiger partial charge in [0.15, 0.2) is 0 Å². The first kappa shape index (κ1) is 113. The predicted molar refractivity (Wildman–Crippen MR) is 569 cm³/mol. The van der Waals surface area contributed by atoms with Crippen LogP contribution in [-0.2, 0) is 9.47 Å². The molecular weight excluding hydrogens is 1600 g/mol. The molecule has 0 aromatic rings. The van der Waals surface area contributed by atoms with E-state index in [9.17, 15) is 0 Å². The Labute approximate surface area is 818 Å². The molecule has 18 aliphatic rings. The Kier molecular flexibility index (Phi) is 38.5. The summed E-state index contributed by atoms with van der Waals surface area (Å²) in [5.74, 6) is 12.3. The molecule has 7 saturated carbocycles. The highest BCUT2D eigenvalue weighted by Gasteiger charge is 2.59. The molecule has 0 radical (unpaired) electrons. The van der Waals surface area contributed by atoms with Gasteiger partial charge in [-0.2, -0.15) is 0 Å². The molecule has 11 nitrogen and oxygen atoms in total. The first-order valence-electron chi connectivity index (χ1n) is 56.7. The van der Waals surface area contributed by atoms with E-state index in [0.717, 1.165) is 105 Å². The quantitative estimate of drug-likeness (QED) is 0.199. The Balaban J connectivity index is 0.000000153. The van der Waals surface area contributed by atoms with Gasteiger partial charge in [0.05, 0.1) is 23.9 Å². The molecule has 0 N–H and O–H groups in total. The molecule has 18 rings (SSSR count). The number of piperidine rings is 7. The van der Waals surface area contributed by atoms with Gasteiger partial charge < -0.3 is 53.6 Å². The van der Waals surface area contributed by atoms with Gasteiger partial charge in [-0.3, -0.25) is 0 Å². The first-order chi connectivity index (χ1) is 60.2. The van der Waals surface area contributed by atoms with Gasteiger partial charge in [-0.15, -0.1) is 0 Å². The Bertz CT molecular complexity index is 3280. The zero-order chi connectivity index (χ0) is 97.0. The van der Waals surface area contributed by atoms with Crippen LogP contribution in [0.3, 0.4) is 0 Å². The molecule has 0 amide bonds. The van der Waals surface area contributed by atoms with E-state index in [0.29, 0.717) is 54.8 Å². The van der Waals surface area contributed by atoms with Crippen molar-refractivity contribution in [3.63, 3.8) is 0 Å². The van der Waals surface area contributed by atoms with E-state index in [1.165, 1.54) is 349 Å². The lowest BCUT2D eigenvalue weighted by molar-refractivity contribution is -0.0828. The third-order valence-electron chi connectivity index (χ3n) is 38.0. The number of nitrogens with zero attached hydrogens (tertiary/aromatic N) is 9. The Morgan fingerprint density at radius 2 is 0.634 bits per heavy atom. The molecule has 11 heteroatoms. The third kappa shape index (κ3) is 36.7. The van der Waals surface area contributed by atoms with Gasteiger partial charge in [0.1, 0.15) is 0 Å². The topological polar surface area (TPSA) is 47.6 Å². The number of rotatable bonds is 11. The van der Waals surface area contributed by atoms with E-state index in [-0.39, 0.29) is 11.2 Å². The average Bonchev–Trinajstić information content (AvgIpc) is 1.58. The summed E-state index contributed by atoms with van der Waals surface area (Å²) in [6, 6.07) is 0. The zero-order valence-electron chi connectivity index (χ0n) is 95.2. The number of fused-ring (bicyclic) bond motifs is 2. The van der Waals surface area contributed by atoms with Crippen molar-refractivity contribution in [2.45, 2.75) is 435 Å². The Hall–Kier alpha value is -0.440. The fourth-order valence-corrected chi connectivity index (χ4v) is 28.9. The summed E-state index contributed by atoms with van der Waals surface area (Å²) in [5.41, 5.74) is 9.00. The molecule has 0 bridgehead atoms. The molecular formula is C120H231N9O2. The van der Waals surface area contributed by atoms with Gasteiger partial charge in [0, 0.05) is 58.9 Å². The average molecular weight is 1830 g/mol. The molecule has 7 aliphatic carbocycles. The van der Waals surface area contributed by atoms with E-state index in [2.05, 4.69) is 294 Å². The maximum Gasteiger partial charge on any atom is 0.0711 e. The van der Waals surface area contributed by atoms with Gasteiger partial charge >= 0.3 is 0 Å². The van der Waals surface area contributed by atoms with E-state index in [4.69, 9.17) is 9.47 Å². The molecule has 0 aromatic carbocycles. The highest BCUT2D eigenvalue weighted by molar-refractivity contribution is 5.11. The van der Waals surface area contributed by atoms with Gasteiger partial charge in [-0.25, -0.2) is 0 Å². The van der Waals surface area contributed by atoms with Crippen molar-refractivity contribution in [1.29, 1.82) is 0 Å². The van der Waals surface area contributed by atoms with Crippen LogP contribution in [0.1, 0.15) is 418 Å². The highest BCUT2D eigenvalue weighted by atomic mass is 16.5. The second-order valence-corrected chi connectivity index (χ2v) is 62.2. The zero-order valence-corrected chi connectivity index (χ0v) is 95.2. The molecule has 11 aliphatic heterocycles. The fourth-order valence-electron chi connectivity index (χ4n) is 28.9. The number of ether oxygens (including phenoxy) is 2. The van der Waals surface area contributed by atoms with Crippen molar-refractivity contribution in [1.82, 2.24) is 44.1 Å². The molecule has 7 spiro atoms. The van der Waals surface area contributed by atoms with Crippen LogP contribution in [0.4, 0.5) is 0 Å². The van der Waals surface area contributed by atoms with E-state index in [1.54, 1.807) is 0 Å². The van der Waals surface area contributed by atoms with Crippen molar-refractivity contribution in [3.8, 4) is 0 Å². The number of hydrogen-bond acceptors (Lipinski definition) is 11. The molecule has 11 saturated heterocycles. The monoisotopic (exact) mass is 1830 g/mol. The van der Waals surface area contributed by atoms with Crippen LogP contribution in [0.5, 0.6) is 0 Å². The van der Waals surface area contributed by atoms with Crippen LogP contribution in [-0.4, -0.2) is 249 Å². The van der Waals surface area contributed by atoms with Crippen LogP contribution in [0.25, 0.3) is 0 Å². The lowest BCUT2D eigenvalue weighted by atomic mass is 9.55. The largest absolute Gasteiger partial charge is 0.375 e. The maximum atomic E-state index is 6.39. The minimum absolute atomic E-state index is 0.241. The van der Waals surface area contributed by atoms with Crippen LogP contribution in [0, 0.1) is 147 Å². The minimum atomic E-state index is 0.241. The van der Waals surface area contributed by atoms with Gasteiger partial charge in [-0.05, 0) is 500 Å². The fraction of sp³-hybridized carbons (Fsp3) is 1.00. The molecule has 131 heavy (non-hydrogen) atoms. The summed E-state index contributed by atoms with van der Waals surface area (Å²) in [5, 5.41) is 0. The van der Waals surface area contributed by atoms with Crippen LogP contribution in [0.15, 0.2) is 0 Å². The normalized spacial score (nSPS) is 33.0. The molecule has 0 aromatic heterocycles. The maximum absolute atomic E-state index is 6.39. The number of likely N-dealkylation sites (tertiary alicyclic amines) is 9. The van der Waals surface area contributed by atoms with E-state index >= 15 is 0 Å². The molecule has 18 fully saturated rings. The second kappa shape index (κ2) is 44.8. The minimum Gasteiger partial charge on any atom is -0.375 e. The van der Waals surface area contributed by atoms with Crippen LogP contribution >= 0.6 is 0 Å². The van der Waals surface area contributed by atoms with Gasteiger partial charge in [-0.1, -0.05) is 187 Å². The summed E-state index contributed by atoms with van der Waals surface area (Å²) in [4.78, 5) is 22.3. The summed E-state index contributed by atoms with van der Waals surface area (Å²) >= 11 is 0. The molecule has 11 heterocycles. The molecule has 11 unspecified atom stereocenters. The Morgan fingerprint density at radius 1 is 0.275 bits per heavy atom. The standard InChI is InChI=1S/C15H29N.C14H27NO.2C14H27N.C13H25NO.2C13H25N.2C12H23N/c1-14(2,3)6-5-13-11-15(12-13)7-9-16(4)10-8-15;1-13(2,3)11-12-5-6-14(16-12)7-9-15(4)10-8-14;1-13(2,3)9-12-10-14(11-12)5-7-15(4)8-6-14;1-13(2,3)6-5-12-11-14(12)7-9-15(4)10-8-14;1-12(2,3)11-9-13(15-10-11)5-7-14(4)8-6-13;1-12(2,3)9-11-10-13(11)5-7-14(4)8-6-13;1-13(2,3)7-10-5-6-11-8-14(4)9-12(10)11;1-11(2,3)7-10-8-12(10)5-6-13(4)9-12;1-12(2,3)6-5-9-10-7-13(4)8-11(9)10/h13H,5-12H2,1-4H3;12H,5-11H2,1-4H3;2*12H,5-11H2,1-4H3;11H,5-10H2,1-4H3;11H,5-10H2,1-4H3;10-12H,5-9H2,1-4H3;10H,5-9H2,1-4H3;9-11H,5-8H2,1-4H3. The summed E-state index contributed by atoms with van der Waals surface area (Å²) < 4.78 is 12.5. The van der Waals surface area contributed by atoms with Crippen molar-refractivity contribution in [2.75, 3.05) is 188 Å². The van der Waals surface area contributed by atoms with E-state index in [1.807, 2.05) is 0 Å². The SMILES string of the molecule is CN1CC2C(CCC(C)(C)C)C2C1.CN1CC2CCC(CC(C)(C)C)C2C1.CN1CCC2(CC1)CC(C(C)(C)C)CO2.CN1CCC2(CC1)CC(CC(C)(C)C)C2.CN1CCC2(CC1)CC(CCC(C)(C)C)C2.CN1CCC2(CC1)CC2CC(C)(C)C.CN1CCC2(CC1)CC2CCC(C)(C)C.CN1CCC2(CC2CC(C)(C)C)C1.CN1CCC2(CCC(CC(C)(C)C)O2)CC1. The summed E-state index contributed by atoms with van der Waals surface area (Å²) in [7, 11) is 20.3. The van der Waals surface area contributed by atoms with E-state index < -0.39 is 0 Å². The van der Waals surface area contributed by atoms with Gasteiger partial charge in [0.25, 0.3) is 0 Å². The summed E-state index contributed by atoms with van der Waals surface area (Å²) in [6.07, 6.45) is 51.8. The lowest BCUT2D eigenvalue weighted by Crippen LogP contribution is -2.46. The molecule has 768 valence electrons. The van der Waals surface area contributed by atoms with Crippen molar-refractivity contribution in [3.05, 3.63) is 0 Å². The van der Waals surface area contributed by atoms with Crippen molar-refractivity contribution < 1.29 is 9.47 Å². The highest BCUT2D eigenvalue weighted by Crippen LogP contribution is 2.66. The van der Waals surface area contributed by atoms with Crippen molar-refractivity contribution >= 4 is 0 Å². The summed E-state index contributed by atoms with van der Waals surface area (Å²) in [6.45, 7) is 88.5. The Morgan fingerprint density at radius 3 is 1.05 bits per heavy atom. The predicted octanol–water partition coefficient (Wildman–Crippen LogP) is 28.2. The van der Waals surface area contributed by atoms with Gasteiger partial charge in [0.2, 0.25) is 0 Å². The third-order valence-corrected chi connectivity index (χ3v) is 38.0. The second-order valence-electron chi connectivity index (χ2n) is 62.2. The smallest absolute Gasteiger partial charge is 0.0711 e. The van der Waals surface area contributed by atoms with Crippen molar-refractivity contribution in [2.24, 2.45) is 147 Å². The van der Waals surface area contributed by atoms with Crippen LogP contribution in [0.2, 0.25) is 0 Å². The van der Waals surface area contributed by atoms with Crippen LogP contribution < -0.4 is 0 Å². The number of hydrogen-bond donors (Lipinski definition) is 0.